The third-order valence-electron chi connectivity index (χ3n) is 18.7. The van der Waals surface area contributed by atoms with Crippen LogP contribution in [0.5, 0.6) is 0 Å². The molecule has 0 unspecified atom stereocenters. The van der Waals surface area contributed by atoms with Gasteiger partial charge in [0.2, 0.25) is 0 Å². The zero-order chi connectivity index (χ0) is 46.0. The standard InChI is InChI=1S/C46H72O17/c1-40(2)14-16-45(39(55)56)17-15-43(6)22(23(45)18-40)8-9-26-42(5)12-11-27(41(3,4)25(42)10-13-44(26,43)7)60-37-32(62-36-29(50)28(49)24(48)19-58-36)30(51)31(33(63-37)35(53)54)61-38-34(52)46(57,20-47)21-59-38/h8,23-34,36-38,47-52,57H,9-21H2,1-7H3,(H,53,54)(H,55,56)/t23-,24-,25-,26+,27-,28-,29+,30-,31-,32+,33-,34-,36-,37+,38-,42-,43+,44+,45-,46+/m0/s1. The van der Waals surface area contributed by atoms with E-state index in [1.54, 1.807) is 0 Å². The van der Waals surface area contributed by atoms with Gasteiger partial charge in [0, 0.05) is 0 Å². The van der Waals surface area contributed by atoms with Gasteiger partial charge >= 0.3 is 11.9 Å². The SMILES string of the molecule is CC1(C)CC[C@]2(C(=O)O)CC[C@]3(C)C(=CC[C@@H]4[C@@]5(C)CC[C@H](O[C@@H]6O[C@H](C(=O)O)[C@@H](O[C@@H]7OC[C@](O)(CO)[C@H]7O)[C@H](O)[C@H]6O[C@@H]6OC[C@H](O)[C@H](O)[C@H]6O)C(C)(C)[C@@H]5CC[C@]43C)[C@@H]2C1. The molecule has 3 heterocycles. The summed E-state index contributed by atoms with van der Waals surface area (Å²) in [5.74, 6) is -1.81. The van der Waals surface area contributed by atoms with E-state index in [1.807, 2.05) is 0 Å². The molecule has 0 aromatic rings. The topological polar surface area (TPSA) is 272 Å². The molecule has 17 nitrogen and oxygen atoms in total. The lowest BCUT2D eigenvalue weighted by Crippen LogP contribution is -2.67. The molecule has 7 fully saturated rings. The molecule has 3 aliphatic heterocycles. The summed E-state index contributed by atoms with van der Waals surface area (Å²) in [5, 5.41) is 95.7. The zero-order valence-electron chi connectivity index (χ0n) is 37.7. The van der Waals surface area contributed by atoms with Gasteiger partial charge in [0.1, 0.15) is 48.3 Å². The van der Waals surface area contributed by atoms with Gasteiger partial charge in [-0.2, -0.15) is 0 Å². The van der Waals surface area contributed by atoms with Crippen molar-refractivity contribution in [3.05, 3.63) is 11.6 Å². The largest absolute Gasteiger partial charge is 0.481 e. The summed E-state index contributed by atoms with van der Waals surface area (Å²) in [6, 6.07) is 0. The summed E-state index contributed by atoms with van der Waals surface area (Å²) in [7, 11) is 0. The Labute approximate surface area is 369 Å². The molecule has 17 heteroatoms. The number of allylic oxidation sites excluding steroid dienone is 2. The van der Waals surface area contributed by atoms with Crippen LogP contribution < -0.4 is 0 Å². The number of carboxylic acid groups (broad SMARTS) is 2. The van der Waals surface area contributed by atoms with Crippen LogP contribution in [0.2, 0.25) is 0 Å². The number of fused-ring (bicyclic) bond motifs is 7. The van der Waals surface area contributed by atoms with Crippen molar-refractivity contribution < 1.29 is 84.0 Å². The second kappa shape index (κ2) is 16.2. The first-order valence-corrected chi connectivity index (χ1v) is 23.1. The highest BCUT2D eigenvalue weighted by Gasteiger charge is 2.70. The molecule has 20 atom stereocenters. The second-order valence-corrected chi connectivity index (χ2v) is 22.8. The maximum Gasteiger partial charge on any atom is 0.335 e. The first kappa shape index (κ1) is 47.6. The van der Waals surface area contributed by atoms with E-state index in [2.05, 4.69) is 54.5 Å². The minimum Gasteiger partial charge on any atom is -0.481 e. The van der Waals surface area contributed by atoms with Gasteiger partial charge in [-0.05, 0) is 109 Å². The summed E-state index contributed by atoms with van der Waals surface area (Å²) in [4.78, 5) is 26.0. The van der Waals surface area contributed by atoms with Crippen LogP contribution in [0.15, 0.2) is 11.6 Å². The fourth-order valence-corrected chi connectivity index (χ4v) is 14.6. The summed E-state index contributed by atoms with van der Waals surface area (Å²) in [6.45, 7) is 14.2. The van der Waals surface area contributed by atoms with Crippen LogP contribution in [0.25, 0.3) is 0 Å². The van der Waals surface area contributed by atoms with Crippen LogP contribution in [-0.4, -0.2) is 157 Å². The quantitative estimate of drug-likeness (QED) is 0.118. The van der Waals surface area contributed by atoms with E-state index < -0.39 is 122 Å². The summed E-state index contributed by atoms with van der Waals surface area (Å²) in [6.07, 6.45) is -9.15. The van der Waals surface area contributed by atoms with E-state index in [9.17, 15) is 55.5 Å². The van der Waals surface area contributed by atoms with Crippen LogP contribution in [-0.2, 0) is 38.0 Å². The number of aliphatic hydroxyl groups is 7. The van der Waals surface area contributed by atoms with Crippen LogP contribution in [0.4, 0.5) is 0 Å². The van der Waals surface area contributed by atoms with Gasteiger partial charge in [-0.15, -0.1) is 0 Å². The molecule has 0 aromatic heterocycles. The number of hydrogen-bond donors (Lipinski definition) is 9. The second-order valence-electron chi connectivity index (χ2n) is 22.8. The summed E-state index contributed by atoms with van der Waals surface area (Å²) in [5.41, 5.74) is -2.42. The van der Waals surface area contributed by atoms with Crippen molar-refractivity contribution in [1.82, 2.24) is 0 Å². The number of carboxylic acids is 2. The normalized spacial score (nSPS) is 52.7. The molecule has 0 amide bonds. The highest BCUT2D eigenvalue weighted by Crippen LogP contribution is 2.76. The molecule has 0 bridgehead atoms. The number of hydrogen-bond acceptors (Lipinski definition) is 15. The predicted molar refractivity (Wildman–Crippen MR) is 219 cm³/mol. The van der Waals surface area contributed by atoms with Gasteiger partial charge in [0.25, 0.3) is 0 Å². The molecule has 8 rings (SSSR count). The lowest BCUT2D eigenvalue weighted by Gasteiger charge is -2.71. The monoisotopic (exact) mass is 896 g/mol. The lowest BCUT2D eigenvalue weighted by atomic mass is 9.33. The Kier molecular flexibility index (Phi) is 12.2. The Morgan fingerprint density at radius 3 is 2.10 bits per heavy atom. The van der Waals surface area contributed by atoms with E-state index in [1.165, 1.54) is 5.57 Å². The highest BCUT2D eigenvalue weighted by molar-refractivity contribution is 5.76. The number of carbonyl (C=O) groups is 2. The maximum atomic E-state index is 13.1. The molecule has 9 N–H and O–H groups in total. The van der Waals surface area contributed by atoms with Crippen molar-refractivity contribution in [3.8, 4) is 0 Å². The molecule has 3 saturated heterocycles. The van der Waals surface area contributed by atoms with E-state index in [-0.39, 0.29) is 39.4 Å². The smallest absolute Gasteiger partial charge is 0.335 e. The molecule has 0 spiro atoms. The number of aliphatic carboxylic acids is 2. The van der Waals surface area contributed by atoms with E-state index in [4.69, 9.17) is 28.4 Å². The third kappa shape index (κ3) is 7.28. The number of rotatable bonds is 9. The number of aliphatic hydroxyl groups excluding tert-OH is 6. The van der Waals surface area contributed by atoms with Gasteiger partial charge in [0.15, 0.2) is 25.0 Å². The molecule has 358 valence electrons. The van der Waals surface area contributed by atoms with Gasteiger partial charge in [0.05, 0.1) is 31.3 Å². The van der Waals surface area contributed by atoms with Gasteiger partial charge in [-0.3, -0.25) is 4.79 Å². The van der Waals surface area contributed by atoms with Crippen LogP contribution >= 0.6 is 0 Å². The van der Waals surface area contributed by atoms with Crippen molar-refractivity contribution in [3.63, 3.8) is 0 Å². The fraction of sp³-hybridized carbons (Fsp3) is 0.913. The van der Waals surface area contributed by atoms with Crippen molar-refractivity contribution in [2.45, 2.75) is 192 Å². The average Bonchev–Trinajstić information content (AvgIpc) is 3.49. The molecule has 0 radical (unpaired) electrons. The van der Waals surface area contributed by atoms with Gasteiger partial charge in [-0.1, -0.05) is 60.1 Å². The van der Waals surface area contributed by atoms with Gasteiger partial charge in [-0.25, -0.2) is 4.79 Å². The molecular formula is C46H72O17. The summed E-state index contributed by atoms with van der Waals surface area (Å²) < 4.78 is 35.7. The fourth-order valence-electron chi connectivity index (χ4n) is 14.6. The minimum atomic E-state index is -2.12. The van der Waals surface area contributed by atoms with Crippen molar-refractivity contribution in [2.75, 3.05) is 19.8 Å². The molecule has 4 saturated carbocycles. The minimum absolute atomic E-state index is 0.00463. The Bertz CT molecular complexity index is 1790. The Hall–Kier alpha value is -1.84. The average molecular weight is 897 g/mol. The first-order valence-electron chi connectivity index (χ1n) is 23.1. The van der Waals surface area contributed by atoms with E-state index in [0.717, 1.165) is 44.9 Å². The zero-order valence-corrected chi connectivity index (χ0v) is 37.7. The summed E-state index contributed by atoms with van der Waals surface area (Å²) >= 11 is 0. The van der Waals surface area contributed by atoms with Crippen molar-refractivity contribution >= 4 is 11.9 Å². The van der Waals surface area contributed by atoms with Crippen LogP contribution in [0.3, 0.4) is 0 Å². The van der Waals surface area contributed by atoms with Crippen molar-refractivity contribution in [1.29, 1.82) is 0 Å². The van der Waals surface area contributed by atoms with Crippen LogP contribution in [0.1, 0.15) is 113 Å². The van der Waals surface area contributed by atoms with Crippen molar-refractivity contribution in [2.24, 2.45) is 50.2 Å². The molecule has 8 aliphatic rings. The first-order chi connectivity index (χ1) is 29.3. The predicted octanol–water partition coefficient (Wildman–Crippen LogP) is 2.08. The lowest BCUT2D eigenvalue weighted by molar-refractivity contribution is -0.375. The van der Waals surface area contributed by atoms with Crippen LogP contribution in [0, 0.1) is 50.2 Å². The molecule has 63 heavy (non-hydrogen) atoms. The third-order valence-corrected chi connectivity index (χ3v) is 18.7. The Morgan fingerprint density at radius 2 is 1.44 bits per heavy atom. The molecular weight excluding hydrogens is 824 g/mol. The molecule has 0 aromatic carbocycles. The van der Waals surface area contributed by atoms with E-state index in [0.29, 0.717) is 19.3 Å². The maximum absolute atomic E-state index is 13.1. The highest BCUT2D eigenvalue weighted by atomic mass is 16.8. The number of ether oxygens (including phenoxy) is 6. The van der Waals surface area contributed by atoms with E-state index >= 15 is 0 Å². The Balaban J connectivity index is 1.07. The van der Waals surface area contributed by atoms with Gasteiger partial charge < -0.3 is 74.4 Å². The Morgan fingerprint density at radius 1 is 0.762 bits per heavy atom. The molecule has 5 aliphatic carbocycles.